The quantitative estimate of drug-likeness (QED) is 0.584. The van der Waals surface area contributed by atoms with Crippen LogP contribution < -0.4 is 5.11 Å². The first-order valence-corrected chi connectivity index (χ1v) is 7.59. The molecule has 1 heterocycles. The second-order valence-electron chi connectivity index (χ2n) is 5.43. The molecular formula is C20H13N2O2-. The summed E-state index contributed by atoms with van der Waals surface area (Å²) in [6.07, 6.45) is 0. The van der Waals surface area contributed by atoms with Crippen LogP contribution in [-0.2, 0) is 0 Å². The molecule has 24 heavy (non-hydrogen) atoms. The fraction of sp³-hybridized carbons (Fsp3) is 0. The number of carbonyl (C=O) groups excluding carboxylic acids is 1. The van der Waals surface area contributed by atoms with Gasteiger partial charge in [0.1, 0.15) is 5.82 Å². The molecule has 3 aromatic carbocycles. The molecule has 0 bridgehead atoms. The second-order valence-corrected chi connectivity index (χ2v) is 5.43. The van der Waals surface area contributed by atoms with Crippen LogP contribution in [0.4, 0.5) is 0 Å². The Hall–Kier alpha value is -3.40. The van der Waals surface area contributed by atoms with Gasteiger partial charge in [0.25, 0.3) is 0 Å². The molecule has 4 rings (SSSR count). The summed E-state index contributed by atoms with van der Waals surface area (Å²) in [6, 6.07) is 24.3. The lowest BCUT2D eigenvalue weighted by molar-refractivity contribution is -0.254. The summed E-state index contributed by atoms with van der Waals surface area (Å²) in [6.45, 7) is 0. The van der Waals surface area contributed by atoms with Crippen LogP contribution in [0.25, 0.3) is 28.1 Å². The molecule has 0 atom stereocenters. The fourth-order valence-corrected chi connectivity index (χ4v) is 2.90. The SMILES string of the molecule is O=C([O-])c1ccccc1-c1nc2ccccc2n1-c1ccccc1. The molecule has 116 valence electrons. The molecular weight excluding hydrogens is 300 g/mol. The number of carboxylic acids is 1. The number of hydrogen-bond acceptors (Lipinski definition) is 3. The zero-order chi connectivity index (χ0) is 16.5. The van der Waals surface area contributed by atoms with E-state index in [-0.39, 0.29) is 5.56 Å². The van der Waals surface area contributed by atoms with Gasteiger partial charge in [-0.15, -0.1) is 0 Å². The number of benzene rings is 3. The third-order valence-electron chi connectivity index (χ3n) is 3.96. The number of carbonyl (C=O) groups is 1. The number of imidazole rings is 1. The summed E-state index contributed by atoms with van der Waals surface area (Å²) >= 11 is 0. The fourth-order valence-electron chi connectivity index (χ4n) is 2.90. The molecule has 0 saturated carbocycles. The summed E-state index contributed by atoms with van der Waals surface area (Å²) in [7, 11) is 0. The van der Waals surface area contributed by atoms with Gasteiger partial charge in [0.2, 0.25) is 0 Å². The van der Waals surface area contributed by atoms with Crippen LogP contribution in [0.15, 0.2) is 78.9 Å². The second kappa shape index (κ2) is 5.66. The number of nitrogens with zero attached hydrogens (tertiary/aromatic N) is 2. The molecule has 0 aliphatic rings. The van der Waals surface area contributed by atoms with Gasteiger partial charge in [0.05, 0.1) is 17.0 Å². The van der Waals surface area contributed by atoms with Gasteiger partial charge in [0.15, 0.2) is 0 Å². The topological polar surface area (TPSA) is 57.9 Å². The molecule has 0 fully saturated rings. The molecule has 4 aromatic rings. The zero-order valence-electron chi connectivity index (χ0n) is 12.7. The number of hydrogen-bond donors (Lipinski definition) is 0. The van der Waals surface area contributed by atoms with E-state index in [0.29, 0.717) is 11.4 Å². The molecule has 0 N–H and O–H groups in total. The Labute approximate surface area is 138 Å². The number of rotatable bonds is 3. The molecule has 0 aliphatic heterocycles. The van der Waals surface area contributed by atoms with E-state index in [1.807, 2.05) is 59.2 Å². The Kier molecular flexibility index (Phi) is 3.35. The Morgan fingerprint density at radius 2 is 1.50 bits per heavy atom. The predicted molar refractivity (Wildman–Crippen MR) is 90.8 cm³/mol. The summed E-state index contributed by atoms with van der Waals surface area (Å²) in [5.74, 6) is -0.625. The van der Waals surface area contributed by atoms with Crippen LogP contribution in [0.5, 0.6) is 0 Å². The molecule has 0 aliphatic carbocycles. The van der Waals surface area contributed by atoms with E-state index >= 15 is 0 Å². The molecule has 0 saturated heterocycles. The van der Waals surface area contributed by atoms with Gasteiger partial charge in [-0.25, -0.2) is 4.98 Å². The summed E-state index contributed by atoms with van der Waals surface area (Å²) in [5.41, 5.74) is 3.33. The van der Waals surface area contributed by atoms with Gasteiger partial charge in [-0.05, 0) is 24.3 Å². The molecule has 1 aromatic heterocycles. The van der Waals surface area contributed by atoms with E-state index in [2.05, 4.69) is 4.98 Å². The van der Waals surface area contributed by atoms with Gasteiger partial charge in [0, 0.05) is 16.8 Å². The lowest BCUT2D eigenvalue weighted by Crippen LogP contribution is -2.23. The highest BCUT2D eigenvalue weighted by Gasteiger charge is 2.16. The summed E-state index contributed by atoms with van der Waals surface area (Å²) in [5, 5.41) is 11.5. The van der Waals surface area contributed by atoms with Crippen LogP contribution in [0.2, 0.25) is 0 Å². The Morgan fingerprint density at radius 3 is 2.29 bits per heavy atom. The number of para-hydroxylation sites is 3. The van der Waals surface area contributed by atoms with Crippen molar-refractivity contribution < 1.29 is 9.90 Å². The first-order chi connectivity index (χ1) is 11.8. The van der Waals surface area contributed by atoms with Crippen LogP contribution in [0.1, 0.15) is 10.4 Å². The highest BCUT2D eigenvalue weighted by atomic mass is 16.4. The third-order valence-corrected chi connectivity index (χ3v) is 3.96. The number of aromatic carboxylic acids is 1. The maximum absolute atomic E-state index is 11.5. The lowest BCUT2D eigenvalue weighted by atomic mass is 10.1. The highest BCUT2D eigenvalue weighted by molar-refractivity contribution is 5.95. The van der Waals surface area contributed by atoms with Crippen molar-refractivity contribution in [1.82, 2.24) is 9.55 Å². The maximum Gasteiger partial charge on any atom is 0.146 e. The average Bonchev–Trinajstić information content (AvgIpc) is 3.01. The molecule has 4 nitrogen and oxygen atoms in total. The minimum atomic E-state index is -1.21. The summed E-state index contributed by atoms with van der Waals surface area (Å²) in [4.78, 5) is 16.2. The van der Waals surface area contributed by atoms with E-state index in [1.165, 1.54) is 0 Å². The van der Waals surface area contributed by atoms with Crippen LogP contribution in [0, 0.1) is 0 Å². The van der Waals surface area contributed by atoms with E-state index in [1.54, 1.807) is 24.3 Å². The molecule has 0 unspecified atom stereocenters. The van der Waals surface area contributed by atoms with Crippen molar-refractivity contribution in [2.75, 3.05) is 0 Å². The summed E-state index contributed by atoms with van der Waals surface area (Å²) < 4.78 is 1.97. The zero-order valence-corrected chi connectivity index (χ0v) is 12.7. The smallest absolute Gasteiger partial charge is 0.146 e. The lowest BCUT2D eigenvalue weighted by Gasteiger charge is -2.13. The van der Waals surface area contributed by atoms with Gasteiger partial charge in [-0.2, -0.15) is 0 Å². The minimum absolute atomic E-state index is 0.130. The monoisotopic (exact) mass is 313 g/mol. The van der Waals surface area contributed by atoms with E-state index in [4.69, 9.17) is 0 Å². The maximum atomic E-state index is 11.5. The Morgan fingerprint density at radius 1 is 0.833 bits per heavy atom. The predicted octanol–water partition coefficient (Wildman–Crippen LogP) is 3.06. The standard InChI is InChI=1S/C20H14N2O2/c23-20(24)16-11-5-4-10-15(16)19-21-17-12-6-7-13-18(17)22(19)14-8-2-1-3-9-14/h1-13H,(H,23,24)/p-1. The third kappa shape index (κ3) is 2.25. The first-order valence-electron chi connectivity index (χ1n) is 7.59. The van der Waals surface area contributed by atoms with Crippen LogP contribution in [0.3, 0.4) is 0 Å². The average molecular weight is 313 g/mol. The molecule has 0 radical (unpaired) electrons. The highest BCUT2D eigenvalue weighted by Crippen LogP contribution is 2.30. The molecule has 0 spiro atoms. The largest absolute Gasteiger partial charge is 0.545 e. The first kappa shape index (κ1) is 14.2. The van der Waals surface area contributed by atoms with Crippen LogP contribution in [-0.4, -0.2) is 15.5 Å². The van der Waals surface area contributed by atoms with Crippen molar-refractivity contribution in [1.29, 1.82) is 0 Å². The van der Waals surface area contributed by atoms with E-state index in [0.717, 1.165) is 16.7 Å². The Balaban J connectivity index is 2.09. The number of aromatic nitrogens is 2. The number of carboxylic acid groups (broad SMARTS) is 1. The van der Waals surface area contributed by atoms with Crippen molar-refractivity contribution >= 4 is 17.0 Å². The van der Waals surface area contributed by atoms with Gasteiger partial charge < -0.3 is 9.90 Å². The van der Waals surface area contributed by atoms with Gasteiger partial charge in [-0.1, -0.05) is 54.6 Å². The van der Waals surface area contributed by atoms with Crippen molar-refractivity contribution in [2.45, 2.75) is 0 Å². The van der Waals surface area contributed by atoms with Gasteiger partial charge in [-0.3, -0.25) is 4.57 Å². The van der Waals surface area contributed by atoms with Crippen molar-refractivity contribution in [2.24, 2.45) is 0 Å². The number of fused-ring (bicyclic) bond motifs is 1. The van der Waals surface area contributed by atoms with Crippen molar-refractivity contribution in [3.63, 3.8) is 0 Å². The van der Waals surface area contributed by atoms with Gasteiger partial charge >= 0.3 is 0 Å². The van der Waals surface area contributed by atoms with E-state index < -0.39 is 5.97 Å². The molecule has 4 heteroatoms. The van der Waals surface area contributed by atoms with Crippen molar-refractivity contribution in [3.05, 3.63) is 84.4 Å². The minimum Gasteiger partial charge on any atom is -0.545 e. The molecule has 0 amide bonds. The van der Waals surface area contributed by atoms with Crippen LogP contribution >= 0.6 is 0 Å². The van der Waals surface area contributed by atoms with Crippen molar-refractivity contribution in [3.8, 4) is 17.1 Å². The Bertz CT molecular complexity index is 1040. The van der Waals surface area contributed by atoms with E-state index in [9.17, 15) is 9.90 Å². The normalized spacial score (nSPS) is 10.8.